The maximum absolute atomic E-state index is 11.1. The molecule has 1 rings (SSSR count). The molecule has 1 saturated carbocycles. The molecule has 0 spiro atoms. The van der Waals surface area contributed by atoms with E-state index < -0.39 is 36.8 Å². The molecule has 0 aromatic carbocycles. The van der Waals surface area contributed by atoms with Crippen molar-refractivity contribution in [3.63, 3.8) is 0 Å². The molecule has 3 heteroatoms. The lowest BCUT2D eigenvalue weighted by Gasteiger charge is -2.13. The summed E-state index contributed by atoms with van der Waals surface area (Å²) in [5.41, 5.74) is 5.09. The van der Waals surface area contributed by atoms with Crippen molar-refractivity contribution in [3.05, 3.63) is 0 Å². The Labute approximate surface area is 60.2 Å². The van der Waals surface area contributed by atoms with E-state index in [1.165, 1.54) is 0 Å². The number of carbonyl (C=O) groups is 2. The summed E-state index contributed by atoms with van der Waals surface area (Å²) < 4.78 is 36.0. The monoisotopic (exact) mass is 132 g/mol. The Bertz CT molecular complexity index is 283. The molecule has 2 N–H and O–H groups in total. The number of ketones is 2. The van der Waals surface area contributed by atoms with Gasteiger partial charge in [-0.25, -0.2) is 0 Å². The molecule has 1 atom stereocenters. The topological polar surface area (TPSA) is 60.2 Å². The first kappa shape index (κ1) is 2.50. The molecule has 1 unspecified atom stereocenters. The first-order valence-electron chi connectivity index (χ1n) is 4.90. The van der Waals surface area contributed by atoms with Gasteiger partial charge in [-0.1, -0.05) is 0 Å². The van der Waals surface area contributed by atoms with Gasteiger partial charge in [-0.3, -0.25) is 9.59 Å². The summed E-state index contributed by atoms with van der Waals surface area (Å²) in [5.74, 6) is -2.26. The zero-order valence-corrected chi connectivity index (χ0v) is 4.60. The van der Waals surface area contributed by atoms with E-state index in [-0.39, 0.29) is 0 Å². The van der Waals surface area contributed by atoms with Gasteiger partial charge >= 0.3 is 0 Å². The largest absolute Gasteiger partial charge is 0.321 e. The maximum atomic E-state index is 11.1. The van der Waals surface area contributed by atoms with E-state index in [2.05, 4.69) is 0 Å². The molecule has 0 bridgehead atoms. The Morgan fingerprint density at radius 2 is 2.44 bits per heavy atom. The normalized spacial score (nSPS) is 56.3. The summed E-state index contributed by atoms with van der Waals surface area (Å²) in [6, 6.07) is -2.70. The highest BCUT2D eigenvalue weighted by Crippen LogP contribution is 2.08. The lowest BCUT2D eigenvalue weighted by atomic mass is 9.94. The number of rotatable bonds is 0. The van der Waals surface area contributed by atoms with Crippen molar-refractivity contribution >= 4 is 11.6 Å². The van der Waals surface area contributed by atoms with Crippen molar-refractivity contribution in [1.29, 1.82) is 0 Å². The summed E-state index contributed by atoms with van der Waals surface area (Å²) in [6.07, 6.45) is -6.73. The van der Waals surface area contributed by atoms with Crippen LogP contribution in [-0.2, 0) is 9.59 Å². The fourth-order valence-corrected chi connectivity index (χ4v) is 0.492. The summed E-state index contributed by atoms with van der Waals surface area (Å²) in [7, 11) is 0. The van der Waals surface area contributed by atoms with Crippen LogP contribution in [0.5, 0.6) is 0 Å². The lowest BCUT2D eigenvalue weighted by molar-refractivity contribution is -0.130. The Morgan fingerprint density at radius 3 is 3.11 bits per heavy atom. The molecule has 0 radical (unpaired) electrons. The molecular weight excluding hydrogens is 118 g/mol. The van der Waals surface area contributed by atoms with Crippen LogP contribution in [-0.4, -0.2) is 17.6 Å². The molecule has 0 aromatic heterocycles. The predicted molar refractivity (Wildman–Crippen MR) is 31.8 cm³/mol. The fraction of sp³-hybridized carbons (Fsp3) is 0.667. The number of Topliss-reactive ketones (excluding diaryl/α,β-unsaturated/α-hetero) is 2. The minimum atomic E-state index is -3.01. The third kappa shape index (κ3) is 1.36. The van der Waals surface area contributed by atoms with Crippen LogP contribution in [0.2, 0.25) is 0 Å². The van der Waals surface area contributed by atoms with Gasteiger partial charge in [0.1, 0.15) is 5.78 Å². The maximum Gasteiger partial charge on any atom is 0.156 e. The van der Waals surface area contributed by atoms with Crippen molar-refractivity contribution in [2.75, 3.05) is 0 Å². The van der Waals surface area contributed by atoms with Gasteiger partial charge in [0.2, 0.25) is 0 Å². The van der Waals surface area contributed by atoms with Crippen LogP contribution in [0.4, 0.5) is 0 Å². The highest BCUT2D eigenvalue weighted by molar-refractivity contribution is 6.03. The van der Waals surface area contributed by atoms with Crippen molar-refractivity contribution in [2.45, 2.75) is 25.2 Å². The molecule has 1 aliphatic carbocycles. The van der Waals surface area contributed by atoms with Gasteiger partial charge in [0.15, 0.2) is 5.78 Å². The highest BCUT2D eigenvalue weighted by atomic mass is 16.1. The molecule has 1 fully saturated rings. The second-order valence-corrected chi connectivity index (χ2v) is 1.69. The number of hydrogen-bond acceptors (Lipinski definition) is 3. The second kappa shape index (κ2) is 2.27. The van der Waals surface area contributed by atoms with Gasteiger partial charge in [0.05, 0.1) is 13.8 Å². The van der Waals surface area contributed by atoms with E-state index >= 15 is 0 Å². The van der Waals surface area contributed by atoms with Gasteiger partial charge in [-0.05, 0) is 6.37 Å². The minimum absolute atomic E-state index is 0.827. The number of nitrogens with two attached hydrogens (primary N) is 1. The summed E-state index contributed by atoms with van der Waals surface area (Å²) in [6.45, 7) is 0. The molecule has 0 heterocycles. The van der Waals surface area contributed by atoms with Crippen LogP contribution >= 0.6 is 0 Å². The average Bonchev–Trinajstić information content (AvgIpc) is 2.01. The Hall–Kier alpha value is -0.700. The summed E-state index contributed by atoms with van der Waals surface area (Å²) >= 11 is 0. The first-order chi connectivity index (χ1) is 6.05. The smallest absolute Gasteiger partial charge is 0.156 e. The predicted octanol–water partition coefficient (Wildman–Crippen LogP) is -0.364. The third-order valence-electron chi connectivity index (χ3n) is 0.958. The Kier molecular flexibility index (Phi) is 0.630. The van der Waals surface area contributed by atoms with Gasteiger partial charge in [-0.15, -0.1) is 0 Å². The van der Waals surface area contributed by atoms with Crippen LogP contribution in [0.3, 0.4) is 0 Å². The fourth-order valence-electron chi connectivity index (χ4n) is 0.492. The van der Waals surface area contributed by atoms with Crippen molar-refractivity contribution in [3.8, 4) is 0 Å². The van der Waals surface area contributed by atoms with E-state index in [4.69, 9.17) is 12.6 Å². The summed E-state index contributed by atoms with van der Waals surface area (Å²) in [4.78, 5) is 22.1. The molecule has 1 aliphatic rings. The van der Waals surface area contributed by atoms with Crippen LogP contribution in [0.1, 0.15) is 26.0 Å². The van der Waals surface area contributed by atoms with E-state index in [9.17, 15) is 9.59 Å². The lowest BCUT2D eigenvalue weighted by Crippen LogP contribution is -2.36. The van der Waals surface area contributed by atoms with Gasteiger partial charge in [0, 0.05) is 11.9 Å². The van der Waals surface area contributed by atoms with Gasteiger partial charge in [0.25, 0.3) is 0 Å². The van der Waals surface area contributed by atoms with Gasteiger partial charge in [-0.2, -0.15) is 0 Å². The molecule has 50 valence electrons. The third-order valence-corrected chi connectivity index (χ3v) is 0.958. The molecule has 0 aromatic rings. The first-order valence-corrected chi connectivity index (χ1v) is 2.40. The van der Waals surface area contributed by atoms with E-state index in [0.717, 1.165) is 0 Å². The van der Waals surface area contributed by atoms with Crippen LogP contribution in [0.25, 0.3) is 0 Å². The van der Waals surface area contributed by atoms with Crippen molar-refractivity contribution in [1.82, 2.24) is 0 Å². The summed E-state index contributed by atoms with van der Waals surface area (Å²) in [5, 5.41) is 0. The van der Waals surface area contributed by atoms with Crippen LogP contribution < -0.4 is 5.73 Å². The second-order valence-electron chi connectivity index (χ2n) is 1.69. The highest BCUT2D eigenvalue weighted by Gasteiger charge is 2.22. The molecule has 0 amide bonds. The standard InChI is InChI=1S/C6H9NO2/c7-5-2-1-4(8)3-6(5)9/h5H,1-3,7H2/i1D2,2D2,5D. The van der Waals surface area contributed by atoms with Crippen molar-refractivity contribution < 1.29 is 16.4 Å². The van der Waals surface area contributed by atoms with E-state index in [1.54, 1.807) is 0 Å². The number of hydrogen-bond donors (Lipinski definition) is 1. The minimum Gasteiger partial charge on any atom is -0.321 e. The quantitative estimate of drug-likeness (QED) is 0.458. The molecular formula is C6H9NO2. The van der Waals surface area contributed by atoms with Crippen LogP contribution in [0, 0.1) is 0 Å². The van der Waals surface area contributed by atoms with Gasteiger partial charge < -0.3 is 5.73 Å². The zero-order chi connectivity index (χ0) is 11.4. The average molecular weight is 132 g/mol. The van der Waals surface area contributed by atoms with Crippen molar-refractivity contribution in [2.24, 2.45) is 5.73 Å². The van der Waals surface area contributed by atoms with E-state index in [0.29, 0.717) is 0 Å². The molecule has 0 saturated heterocycles. The Morgan fingerprint density at radius 1 is 1.78 bits per heavy atom. The molecule has 9 heavy (non-hydrogen) atoms. The number of carbonyl (C=O) groups excluding carboxylic acids is 2. The zero-order valence-electron chi connectivity index (χ0n) is 9.60. The molecule has 3 nitrogen and oxygen atoms in total. The SMILES string of the molecule is [2H]C1([2H])C(=O)CC(=O)C([2H])(N)C1([2H])[2H]. The molecule has 0 aliphatic heterocycles. The Balaban J connectivity index is 3.31. The van der Waals surface area contributed by atoms with Crippen LogP contribution in [0.15, 0.2) is 0 Å². The van der Waals surface area contributed by atoms with E-state index in [1.807, 2.05) is 0 Å².